The van der Waals surface area contributed by atoms with Crippen LogP contribution < -0.4 is 10.0 Å². The van der Waals surface area contributed by atoms with Gasteiger partial charge in [0.1, 0.15) is 0 Å². The van der Waals surface area contributed by atoms with E-state index in [1.165, 1.54) is 18.0 Å². The molecule has 1 N–H and O–H groups in total. The number of hydrogen-bond acceptors (Lipinski definition) is 3. The minimum absolute atomic E-state index is 0.106. The lowest BCUT2D eigenvalue weighted by atomic mass is 10.1. The molecule has 0 saturated heterocycles. The number of amides is 1. The number of hydrogen-bond donors (Lipinski definition) is 1. The van der Waals surface area contributed by atoms with Gasteiger partial charge in [-0.1, -0.05) is 23.7 Å². The molecule has 2 aromatic rings. The number of pyridine rings is 1. The largest absolute Gasteiger partial charge is 0.618 e. The van der Waals surface area contributed by atoms with E-state index >= 15 is 0 Å². The Labute approximate surface area is 132 Å². The van der Waals surface area contributed by atoms with Gasteiger partial charge < -0.3 is 10.5 Å². The highest BCUT2D eigenvalue weighted by molar-refractivity contribution is 7.99. The highest BCUT2D eigenvalue weighted by Crippen LogP contribution is 2.17. The van der Waals surface area contributed by atoms with Crippen LogP contribution in [0.15, 0.2) is 53.7 Å². The van der Waals surface area contributed by atoms with Crippen molar-refractivity contribution in [1.82, 2.24) is 5.32 Å². The van der Waals surface area contributed by atoms with Crippen LogP contribution in [0.1, 0.15) is 18.5 Å². The van der Waals surface area contributed by atoms with E-state index in [9.17, 15) is 10.0 Å². The van der Waals surface area contributed by atoms with Crippen LogP contribution >= 0.6 is 23.4 Å². The van der Waals surface area contributed by atoms with E-state index in [0.717, 1.165) is 10.3 Å². The molecule has 0 aliphatic rings. The summed E-state index contributed by atoms with van der Waals surface area (Å²) in [5.74, 6) is 0.0794. The smallest absolute Gasteiger partial charge is 0.251 e. The molecular weight excluding hydrogens is 308 g/mol. The van der Waals surface area contributed by atoms with Gasteiger partial charge in [-0.15, -0.1) is 0 Å². The molecule has 0 aliphatic heterocycles. The van der Waals surface area contributed by atoms with Crippen LogP contribution in [0.2, 0.25) is 5.02 Å². The fourth-order valence-electron chi connectivity index (χ4n) is 1.78. The molecule has 2 rings (SSSR count). The maximum absolute atomic E-state index is 11.9. The second-order valence-electron chi connectivity index (χ2n) is 4.49. The lowest BCUT2D eigenvalue weighted by Crippen LogP contribution is -2.31. The average molecular weight is 323 g/mol. The van der Waals surface area contributed by atoms with Crippen LogP contribution in [0.25, 0.3) is 0 Å². The first-order chi connectivity index (χ1) is 10.1. The molecule has 0 radical (unpaired) electrons. The number of benzene rings is 1. The Bertz CT molecular complexity index is 619. The van der Waals surface area contributed by atoms with Crippen molar-refractivity contribution in [2.45, 2.75) is 18.0 Å². The molecule has 0 spiro atoms. The molecule has 21 heavy (non-hydrogen) atoms. The number of thioether (sulfide) groups is 1. The van der Waals surface area contributed by atoms with Crippen molar-refractivity contribution in [2.75, 3.05) is 5.75 Å². The second-order valence-corrected chi connectivity index (χ2v) is 5.93. The minimum atomic E-state index is -0.119. The predicted molar refractivity (Wildman–Crippen MR) is 84.1 cm³/mol. The summed E-state index contributed by atoms with van der Waals surface area (Å²) in [6.07, 6.45) is 1.41. The van der Waals surface area contributed by atoms with Crippen molar-refractivity contribution in [2.24, 2.45) is 0 Å². The van der Waals surface area contributed by atoms with Crippen molar-refractivity contribution < 1.29 is 9.52 Å². The first-order valence-electron chi connectivity index (χ1n) is 6.42. The third-order valence-electron chi connectivity index (χ3n) is 2.89. The summed E-state index contributed by atoms with van der Waals surface area (Å²) in [5, 5.41) is 15.5. The minimum Gasteiger partial charge on any atom is -0.618 e. The zero-order valence-electron chi connectivity index (χ0n) is 11.5. The monoisotopic (exact) mass is 322 g/mol. The summed E-state index contributed by atoms with van der Waals surface area (Å²) < 4.78 is 0.751. The van der Waals surface area contributed by atoms with E-state index in [4.69, 9.17) is 11.6 Å². The molecule has 1 aromatic heterocycles. The van der Waals surface area contributed by atoms with Crippen molar-refractivity contribution in [3.63, 3.8) is 0 Å². The summed E-state index contributed by atoms with van der Waals surface area (Å²) in [4.78, 5) is 11.9. The van der Waals surface area contributed by atoms with Crippen LogP contribution in [0, 0.1) is 5.21 Å². The zero-order chi connectivity index (χ0) is 15.2. The molecule has 1 heterocycles. The molecule has 6 heteroatoms. The third-order valence-corrected chi connectivity index (χ3v) is 4.16. The standard InChI is InChI=1S/C15H15ClN2O2S/c1-11(12-5-7-13(16)8-6-12)17-14(19)10-21-15-4-2-3-9-18(15)20/h2-9,11H,10H2,1H3,(H,17,19)/t11-/m1/s1. The van der Waals surface area contributed by atoms with Crippen molar-refractivity contribution in [3.8, 4) is 0 Å². The Morgan fingerprint density at radius 3 is 2.71 bits per heavy atom. The maximum atomic E-state index is 11.9. The van der Waals surface area contributed by atoms with Crippen LogP contribution in [-0.2, 0) is 4.79 Å². The van der Waals surface area contributed by atoms with Crippen molar-refractivity contribution >= 4 is 29.3 Å². The van der Waals surface area contributed by atoms with Crippen molar-refractivity contribution in [1.29, 1.82) is 0 Å². The topological polar surface area (TPSA) is 56.0 Å². The van der Waals surface area contributed by atoms with Gasteiger partial charge in [0.25, 0.3) is 5.03 Å². The average Bonchev–Trinajstić information content (AvgIpc) is 2.47. The zero-order valence-corrected chi connectivity index (χ0v) is 13.0. The van der Waals surface area contributed by atoms with E-state index < -0.39 is 0 Å². The number of aromatic nitrogens is 1. The number of nitrogens with one attached hydrogen (secondary N) is 1. The van der Waals surface area contributed by atoms with Gasteiger partial charge in [0.15, 0.2) is 6.20 Å². The summed E-state index contributed by atoms with van der Waals surface area (Å²) in [6, 6.07) is 12.3. The van der Waals surface area contributed by atoms with Gasteiger partial charge in [0.05, 0.1) is 11.8 Å². The van der Waals surface area contributed by atoms with Gasteiger partial charge in [0, 0.05) is 17.2 Å². The van der Waals surface area contributed by atoms with Crippen LogP contribution in [0.4, 0.5) is 0 Å². The number of rotatable bonds is 5. The number of carbonyl (C=O) groups excluding carboxylic acids is 1. The first-order valence-corrected chi connectivity index (χ1v) is 7.78. The van der Waals surface area contributed by atoms with Crippen LogP contribution in [0.5, 0.6) is 0 Å². The Morgan fingerprint density at radius 2 is 2.05 bits per heavy atom. The maximum Gasteiger partial charge on any atom is 0.251 e. The molecule has 0 unspecified atom stereocenters. The van der Waals surface area contributed by atoms with E-state index in [0.29, 0.717) is 10.0 Å². The molecule has 0 saturated carbocycles. The van der Waals surface area contributed by atoms with Crippen LogP contribution in [-0.4, -0.2) is 11.7 Å². The van der Waals surface area contributed by atoms with Gasteiger partial charge in [0.2, 0.25) is 5.91 Å². The second kappa shape index (κ2) is 7.33. The normalized spacial score (nSPS) is 11.9. The lowest BCUT2D eigenvalue weighted by Gasteiger charge is -2.14. The fraction of sp³-hybridized carbons (Fsp3) is 0.200. The van der Waals surface area contributed by atoms with Crippen molar-refractivity contribution in [3.05, 3.63) is 64.5 Å². The van der Waals surface area contributed by atoms with Gasteiger partial charge in [-0.2, -0.15) is 4.73 Å². The number of carbonyl (C=O) groups is 1. The predicted octanol–water partition coefficient (Wildman–Crippen LogP) is 2.94. The highest BCUT2D eigenvalue weighted by atomic mass is 35.5. The molecule has 110 valence electrons. The Morgan fingerprint density at radius 1 is 1.33 bits per heavy atom. The summed E-state index contributed by atoms with van der Waals surface area (Å²) >= 11 is 7.04. The Kier molecular flexibility index (Phi) is 5.47. The van der Waals surface area contributed by atoms with Gasteiger partial charge in [-0.05, 0) is 42.4 Å². The number of nitrogens with zero attached hydrogens (tertiary/aromatic N) is 1. The summed E-state index contributed by atoms with van der Waals surface area (Å²) in [7, 11) is 0. The molecule has 1 amide bonds. The molecule has 1 atom stereocenters. The molecule has 4 nitrogen and oxygen atoms in total. The SMILES string of the molecule is C[C@@H](NC(=O)CSc1cccc[n+]1[O-])c1ccc(Cl)cc1. The molecule has 0 bridgehead atoms. The number of halogens is 1. The summed E-state index contributed by atoms with van der Waals surface area (Å²) in [5.41, 5.74) is 0.983. The van der Waals surface area contributed by atoms with Gasteiger partial charge >= 0.3 is 0 Å². The van der Waals surface area contributed by atoms with Gasteiger partial charge in [-0.25, -0.2) is 0 Å². The molecule has 0 fully saturated rings. The summed E-state index contributed by atoms with van der Waals surface area (Å²) in [6.45, 7) is 1.90. The Balaban J connectivity index is 1.87. The van der Waals surface area contributed by atoms with E-state index in [-0.39, 0.29) is 17.7 Å². The van der Waals surface area contributed by atoms with E-state index in [2.05, 4.69) is 5.32 Å². The lowest BCUT2D eigenvalue weighted by molar-refractivity contribution is -0.645. The molecule has 1 aromatic carbocycles. The van der Waals surface area contributed by atoms with Crippen LogP contribution in [0.3, 0.4) is 0 Å². The Hall–Kier alpha value is -1.72. The quantitative estimate of drug-likeness (QED) is 0.523. The molecule has 0 aliphatic carbocycles. The fourth-order valence-corrected chi connectivity index (χ4v) is 2.63. The van der Waals surface area contributed by atoms with E-state index in [1.54, 1.807) is 30.3 Å². The highest BCUT2D eigenvalue weighted by Gasteiger charge is 2.12. The van der Waals surface area contributed by atoms with Gasteiger partial charge in [-0.3, -0.25) is 4.79 Å². The van der Waals surface area contributed by atoms with E-state index in [1.807, 2.05) is 19.1 Å². The third kappa shape index (κ3) is 4.65. The molecular formula is C15H15ClN2O2S. The first kappa shape index (κ1) is 15.7.